The third kappa shape index (κ3) is 5.31. The van der Waals surface area contributed by atoms with Crippen molar-refractivity contribution in [3.05, 3.63) is 59.4 Å². The van der Waals surface area contributed by atoms with E-state index < -0.39 is 0 Å². The molecule has 0 bridgehead atoms. The number of benzene rings is 2. The molecule has 1 aliphatic rings. The van der Waals surface area contributed by atoms with Gasteiger partial charge >= 0.3 is 0 Å². The van der Waals surface area contributed by atoms with Crippen LogP contribution in [0.15, 0.2) is 42.5 Å². The van der Waals surface area contributed by atoms with Crippen LogP contribution >= 0.6 is 0 Å². The minimum atomic E-state index is 0.00291. The minimum Gasteiger partial charge on any atom is -0.490 e. The van der Waals surface area contributed by atoms with Crippen LogP contribution in [0.3, 0.4) is 0 Å². The lowest BCUT2D eigenvalue weighted by atomic mass is 10.1. The maximum atomic E-state index is 13.1. The summed E-state index contributed by atoms with van der Waals surface area (Å²) >= 11 is 0. The quantitative estimate of drug-likeness (QED) is 0.522. The molecule has 3 aromatic rings. The standard InChI is InChI=1S/C24H30N6O3/c1-4-32-21-11-8-19(16-22(21)33-5-2)24(31)29-14-12-28(13-15-29)17-23-25-26-27-30(23)20-9-6-18(3)7-10-20/h6-11,16H,4-5,12-15,17H2,1-3H3. The molecule has 4 rings (SSSR count). The first-order valence-electron chi connectivity index (χ1n) is 11.3. The zero-order valence-electron chi connectivity index (χ0n) is 19.4. The summed E-state index contributed by atoms with van der Waals surface area (Å²) in [6.45, 7) is 10.4. The summed E-state index contributed by atoms with van der Waals surface area (Å²) in [7, 11) is 0. The van der Waals surface area contributed by atoms with Gasteiger partial charge in [-0.15, -0.1) is 5.10 Å². The summed E-state index contributed by atoms with van der Waals surface area (Å²) in [6.07, 6.45) is 0. The van der Waals surface area contributed by atoms with Gasteiger partial charge in [-0.05, 0) is 61.5 Å². The fourth-order valence-electron chi connectivity index (χ4n) is 3.87. The largest absolute Gasteiger partial charge is 0.490 e. The lowest BCUT2D eigenvalue weighted by molar-refractivity contribution is 0.0624. The number of aryl methyl sites for hydroxylation is 1. The van der Waals surface area contributed by atoms with E-state index >= 15 is 0 Å². The molecule has 9 nitrogen and oxygen atoms in total. The summed E-state index contributed by atoms with van der Waals surface area (Å²) in [5.41, 5.74) is 2.74. The van der Waals surface area contributed by atoms with Crippen molar-refractivity contribution in [2.75, 3.05) is 39.4 Å². The van der Waals surface area contributed by atoms with Crippen molar-refractivity contribution in [3.63, 3.8) is 0 Å². The molecule has 0 saturated carbocycles. The second-order valence-corrected chi connectivity index (χ2v) is 7.94. The van der Waals surface area contributed by atoms with E-state index in [0.29, 0.717) is 49.9 Å². The van der Waals surface area contributed by atoms with Crippen molar-refractivity contribution in [3.8, 4) is 17.2 Å². The lowest BCUT2D eigenvalue weighted by Gasteiger charge is -2.34. The molecule has 1 amide bonds. The third-order valence-corrected chi connectivity index (χ3v) is 5.63. The average Bonchev–Trinajstić information content (AvgIpc) is 3.29. The maximum Gasteiger partial charge on any atom is 0.254 e. The van der Waals surface area contributed by atoms with E-state index in [9.17, 15) is 4.79 Å². The molecule has 1 aromatic heterocycles. The molecule has 174 valence electrons. The molecule has 33 heavy (non-hydrogen) atoms. The molecular formula is C24H30N6O3. The molecule has 0 aliphatic carbocycles. The fraction of sp³-hybridized carbons (Fsp3) is 0.417. The number of rotatable bonds is 8. The number of tetrazole rings is 1. The molecule has 1 fully saturated rings. The summed E-state index contributed by atoms with van der Waals surface area (Å²) in [5, 5.41) is 12.2. The Balaban J connectivity index is 1.38. The number of ether oxygens (including phenoxy) is 2. The van der Waals surface area contributed by atoms with Crippen LogP contribution in [-0.4, -0.2) is 75.3 Å². The molecule has 0 unspecified atom stereocenters. The Kier molecular flexibility index (Phi) is 7.19. The van der Waals surface area contributed by atoms with Crippen LogP contribution in [0.1, 0.15) is 35.6 Å². The second-order valence-electron chi connectivity index (χ2n) is 7.94. The molecule has 0 spiro atoms. The van der Waals surface area contributed by atoms with Crippen molar-refractivity contribution >= 4 is 5.91 Å². The average molecular weight is 451 g/mol. The van der Waals surface area contributed by atoms with Gasteiger partial charge < -0.3 is 14.4 Å². The Hall–Kier alpha value is -3.46. The van der Waals surface area contributed by atoms with Crippen LogP contribution in [0, 0.1) is 6.92 Å². The van der Waals surface area contributed by atoms with Crippen LogP contribution < -0.4 is 9.47 Å². The predicted octanol–water partition coefficient (Wildman–Crippen LogP) is 2.73. The topological polar surface area (TPSA) is 85.6 Å². The SMILES string of the molecule is CCOc1ccc(C(=O)N2CCN(Cc3nnnn3-c3ccc(C)cc3)CC2)cc1OCC. The van der Waals surface area contributed by atoms with Gasteiger partial charge in [-0.2, -0.15) is 4.68 Å². The van der Waals surface area contributed by atoms with Crippen LogP contribution in [-0.2, 0) is 6.54 Å². The molecule has 2 aromatic carbocycles. The van der Waals surface area contributed by atoms with Gasteiger partial charge in [0, 0.05) is 31.7 Å². The molecule has 9 heteroatoms. The van der Waals surface area contributed by atoms with Gasteiger partial charge in [0.1, 0.15) is 0 Å². The number of hydrogen-bond donors (Lipinski definition) is 0. The van der Waals surface area contributed by atoms with Gasteiger partial charge in [-0.3, -0.25) is 9.69 Å². The highest BCUT2D eigenvalue weighted by Crippen LogP contribution is 2.29. The van der Waals surface area contributed by atoms with Crippen molar-refractivity contribution < 1.29 is 14.3 Å². The number of amides is 1. The van der Waals surface area contributed by atoms with E-state index in [0.717, 1.165) is 24.6 Å². The number of piperazine rings is 1. The molecule has 0 N–H and O–H groups in total. The number of carbonyl (C=O) groups excluding carboxylic acids is 1. The van der Waals surface area contributed by atoms with E-state index in [1.54, 1.807) is 16.8 Å². The van der Waals surface area contributed by atoms with Crippen LogP contribution in [0.4, 0.5) is 0 Å². The summed E-state index contributed by atoms with van der Waals surface area (Å²) in [4.78, 5) is 17.2. The Morgan fingerprint density at radius 1 is 0.939 bits per heavy atom. The van der Waals surface area contributed by atoms with Gasteiger partial charge in [0.2, 0.25) is 0 Å². The fourth-order valence-corrected chi connectivity index (χ4v) is 3.87. The van der Waals surface area contributed by atoms with Crippen molar-refractivity contribution in [1.29, 1.82) is 0 Å². The van der Waals surface area contributed by atoms with Crippen molar-refractivity contribution in [2.24, 2.45) is 0 Å². The Morgan fingerprint density at radius 3 is 2.33 bits per heavy atom. The number of nitrogens with zero attached hydrogens (tertiary/aromatic N) is 6. The number of hydrogen-bond acceptors (Lipinski definition) is 7. The second kappa shape index (κ2) is 10.4. The Labute approximate surface area is 193 Å². The first kappa shape index (κ1) is 22.7. The Bertz CT molecular complexity index is 1070. The highest BCUT2D eigenvalue weighted by Gasteiger charge is 2.24. The van der Waals surface area contributed by atoms with E-state index in [1.165, 1.54) is 5.56 Å². The van der Waals surface area contributed by atoms with Crippen molar-refractivity contribution in [1.82, 2.24) is 30.0 Å². The van der Waals surface area contributed by atoms with Gasteiger partial charge in [-0.1, -0.05) is 17.7 Å². The van der Waals surface area contributed by atoms with Gasteiger partial charge in [0.15, 0.2) is 17.3 Å². The molecule has 2 heterocycles. The van der Waals surface area contributed by atoms with Crippen molar-refractivity contribution in [2.45, 2.75) is 27.3 Å². The van der Waals surface area contributed by atoms with Gasteiger partial charge in [-0.25, -0.2) is 0 Å². The lowest BCUT2D eigenvalue weighted by Crippen LogP contribution is -2.48. The molecule has 0 radical (unpaired) electrons. The van der Waals surface area contributed by atoms with Crippen LogP contribution in [0.2, 0.25) is 0 Å². The first-order chi connectivity index (χ1) is 16.1. The van der Waals surface area contributed by atoms with Gasteiger partial charge in [0.05, 0.1) is 25.4 Å². The molecular weight excluding hydrogens is 420 g/mol. The maximum absolute atomic E-state index is 13.1. The Morgan fingerprint density at radius 2 is 1.64 bits per heavy atom. The normalized spacial score (nSPS) is 14.3. The highest BCUT2D eigenvalue weighted by atomic mass is 16.5. The zero-order chi connectivity index (χ0) is 23.2. The van der Waals surface area contributed by atoms with E-state index in [1.807, 2.05) is 49.1 Å². The summed E-state index contributed by atoms with van der Waals surface area (Å²) in [5.74, 6) is 2.05. The first-order valence-corrected chi connectivity index (χ1v) is 11.3. The zero-order valence-corrected chi connectivity index (χ0v) is 19.4. The van der Waals surface area contributed by atoms with E-state index in [4.69, 9.17) is 9.47 Å². The molecule has 0 atom stereocenters. The third-order valence-electron chi connectivity index (χ3n) is 5.63. The van der Waals surface area contributed by atoms with E-state index in [2.05, 4.69) is 27.3 Å². The molecule has 1 aliphatic heterocycles. The minimum absolute atomic E-state index is 0.00291. The number of carbonyl (C=O) groups is 1. The predicted molar refractivity (Wildman–Crippen MR) is 124 cm³/mol. The van der Waals surface area contributed by atoms with Gasteiger partial charge in [0.25, 0.3) is 5.91 Å². The summed E-state index contributed by atoms with van der Waals surface area (Å²) in [6, 6.07) is 13.5. The molecule has 1 saturated heterocycles. The number of aromatic nitrogens is 4. The highest BCUT2D eigenvalue weighted by molar-refractivity contribution is 5.95. The monoisotopic (exact) mass is 450 g/mol. The van der Waals surface area contributed by atoms with Crippen LogP contribution in [0.5, 0.6) is 11.5 Å². The smallest absolute Gasteiger partial charge is 0.254 e. The summed E-state index contributed by atoms with van der Waals surface area (Å²) < 4.78 is 13.0. The van der Waals surface area contributed by atoms with Crippen LogP contribution in [0.25, 0.3) is 5.69 Å². The van der Waals surface area contributed by atoms with E-state index in [-0.39, 0.29) is 5.91 Å².